The van der Waals surface area contributed by atoms with Gasteiger partial charge >= 0.3 is 5.97 Å². The Labute approximate surface area is 211 Å². The van der Waals surface area contributed by atoms with Gasteiger partial charge in [-0.25, -0.2) is 18.0 Å². The molecule has 0 amide bonds. The van der Waals surface area contributed by atoms with Gasteiger partial charge in [-0.05, 0) is 31.2 Å². The van der Waals surface area contributed by atoms with Gasteiger partial charge < -0.3 is 18.8 Å². The van der Waals surface area contributed by atoms with Crippen LogP contribution in [0.1, 0.15) is 21.5 Å². The van der Waals surface area contributed by atoms with Gasteiger partial charge in [0.15, 0.2) is 18.1 Å². The predicted molar refractivity (Wildman–Crippen MR) is 124 cm³/mol. The zero-order valence-corrected chi connectivity index (χ0v) is 19.7. The molecule has 0 saturated carbocycles. The summed E-state index contributed by atoms with van der Waals surface area (Å²) in [5.41, 5.74) is 2.21. The fourth-order valence-electron chi connectivity index (χ4n) is 4.10. The summed E-state index contributed by atoms with van der Waals surface area (Å²) in [5, 5.41) is 0.912. The topological polar surface area (TPSA) is 66.8 Å². The molecule has 0 atom stereocenters. The van der Waals surface area contributed by atoms with Crippen LogP contribution < -0.4 is 14.2 Å². The van der Waals surface area contributed by atoms with Crippen LogP contribution in [0.4, 0.5) is 22.0 Å². The Morgan fingerprint density at radius 3 is 2.34 bits per heavy atom. The molecule has 1 aliphatic heterocycles. The molecule has 2 heterocycles. The summed E-state index contributed by atoms with van der Waals surface area (Å²) in [5.74, 6) is -14.3. The van der Waals surface area contributed by atoms with Gasteiger partial charge in [0.1, 0.15) is 11.5 Å². The molecule has 0 radical (unpaired) electrons. The van der Waals surface area contributed by atoms with Crippen LogP contribution in [-0.4, -0.2) is 22.9 Å². The lowest BCUT2D eigenvalue weighted by Gasteiger charge is -2.12. The van der Waals surface area contributed by atoms with Crippen molar-refractivity contribution in [1.82, 2.24) is 4.57 Å². The van der Waals surface area contributed by atoms with E-state index in [1.165, 1.54) is 19.1 Å². The smallest absolute Gasteiger partial charge is 0.349 e. The van der Waals surface area contributed by atoms with Gasteiger partial charge in [0.05, 0.1) is 5.56 Å². The normalized spacial score (nSPS) is 13.7. The number of hydrogen-bond acceptors (Lipinski definition) is 5. The first-order valence-electron chi connectivity index (χ1n) is 11.0. The van der Waals surface area contributed by atoms with E-state index in [1.807, 2.05) is 42.1 Å². The van der Waals surface area contributed by atoms with Crippen LogP contribution in [0.3, 0.4) is 0 Å². The first kappa shape index (κ1) is 25.0. The maximum absolute atomic E-state index is 13.8. The van der Waals surface area contributed by atoms with Crippen molar-refractivity contribution < 1.29 is 45.8 Å². The monoisotopic (exact) mass is 529 g/mol. The quantitative estimate of drug-likeness (QED) is 0.0819. The Morgan fingerprint density at radius 1 is 0.974 bits per heavy atom. The highest BCUT2D eigenvalue weighted by molar-refractivity contribution is 6.15. The number of aryl methyl sites for hydroxylation is 1. The van der Waals surface area contributed by atoms with Gasteiger partial charge in [0, 0.05) is 35.3 Å². The van der Waals surface area contributed by atoms with Crippen LogP contribution in [0.25, 0.3) is 17.0 Å². The number of allylic oxidation sites excluding steroid dienone is 1. The lowest BCUT2D eigenvalue weighted by Crippen LogP contribution is -2.20. The number of ketones is 1. The summed E-state index contributed by atoms with van der Waals surface area (Å²) >= 11 is 0. The summed E-state index contributed by atoms with van der Waals surface area (Å²) in [4.78, 5) is 25.2. The number of Topliss-reactive ketones (excluding diaryl/α,β-unsaturated/α-hetero) is 1. The zero-order valence-electron chi connectivity index (χ0n) is 19.7. The van der Waals surface area contributed by atoms with Gasteiger partial charge in [-0.15, -0.1) is 0 Å². The lowest BCUT2D eigenvalue weighted by atomic mass is 10.1. The number of ether oxygens (including phenoxy) is 3. The number of esters is 1. The van der Waals surface area contributed by atoms with Crippen molar-refractivity contribution in [1.29, 1.82) is 0 Å². The fraction of sp³-hybridized carbons (Fsp3) is 0.111. The molecule has 0 spiro atoms. The number of aromatic nitrogens is 1. The zero-order chi connectivity index (χ0) is 27.3. The largest absolute Gasteiger partial charge is 0.476 e. The number of nitrogens with zero attached hydrogens (tertiary/aromatic N) is 1. The first-order chi connectivity index (χ1) is 18.1. The Bertz CT molecular complexity index is 1660. The number of halogens is 5. The summed E-state index contributed by atoms with van der Waals surface area (Å²) in [7, 11) is 1.87. The third-order valence-corrected chi connectivity index (χ3v) is 5.98. The summed E-state index contributed by atoms with van der Waals surface area (Å²) in [6, 6.07) is 10.3. The average molecular weight is 529 g/mol. The van der Waals surface area contributed by atoms with Crippen LogP contribution in [-0.2, 0) is 11.8 Å². The predicted octanol–water partition coefficient (Wildman–Crippen LogP) is 5.78. The molecular weight excluding hydrogens is 513 g/mol. The molecule has 38 heavy (non-hydrogen) atoms. The number of fused-ring (bicyclic) bond motifs is 2. The molecule has 3 aromatic carbocycles. The van der Waals surface area contributed by atoms with Crippen molar-refractivity contribution in [2.24, 2.45) is 7.05 Å². The van der Waals surface area contributed by atoms with E-state index >= 15 is 0 Å². The fourth-order valence-corrected chi connectivity index (χ4v) is 4.10. The standard InChI is InChI=1S/C27H16F5NO5/c1-12-17(37-19(34)11-36-27-23(31)21(29)20(28)22(30)24(27)32)8-7-15-25(35)18(38-26(12)15)9-13-10-33(2)16-6-4-3-5-14(13)16/h3-10H,11H2,1-2H3/b18-9-. The van der Waals surface area contributed by atoms with Crippen LogP contribution in [0.15, 0.2) is 48.4 Å². The highest BCUT2D eigenvalue weighted by Gasteiger charge is 2.31. The van der Waals surface area contributed by atoms with Gasteiger partial charge in [0.25, 0.3) is 0 Å². The van der Waals surface area contributed by atoms with Crippen molar-refractivity contribution in [3.8, 4) is 17.2 Å². The second-order valence-electron chi connectivity index (χ2n) is 8.38. The van der Waals surface area contributed by atoms with E-state index in [4.69, 9.17) is 9.47 Å². The Hall–Kier alpha value is -4.67. The molecule has 0 aliphatic carbocycles. The SMILES string of the molecule is Cc1c(OC(=O)COc2c(F)c(F)c(F)c(F)c2F)ccc2c1O/C(=C\c1cn(C)c3ccccc13)C2=O. The maximum Gasteiger partial charge on any atom is 0.349 e. The van der Waals surface area contributed by atoms with E-state index in [9.17, 15) is 31.5 Å². The molecule has 0 N–H and O–H groups in total. The van der Waals surface area contributed by atoms with Crippen LogP contribution in [0, 0.1) is 36.0 Å². The molecule has 194 valence electrons. The summed E-state index contributed by atoms with van der Waals surface area (Å²) in [6.45, 7) is 0.349. The Kier molecular flexibility index (Phi) is 6.14. The molecule has 11 heteroatoms. The second kappa shape index (κ2) is 9.33. The van der Waals surface area contributed by atoms with Gasteiger partial charge in [0.2, 0.25) is 34.9 Å². The number of benzene rings is 3. The highest BCUT2D eigenvalue weighted by atomic mass is 19.2. The molecular formula is C27H16F5NO5. The van der Waals surface area contributed by atoms with E-state index < -0.39 is 47.4 Å². The number of rotatable bonds is 5. The van der Waals surface area contributed by atoms with Gasteiger partial charge in [-0.2, -0.15) is 8.78 Å². The number of para-hydroxylation sites is 1. The van der Waals surface area contributed by atoms with E-state index in [0.717, 1.165) is 16.5 Å². The number of carbonyl (C=O) groups is 2. The minimum atomic E-state index is -2.35. The van der Waals surface area contributed by atoms with Crippen molar-refractivity contribution >= 4 is 28.7 Å². The van der Waals surface area contributed by atoms with E-state index in [-0.39, 0.29) is 34.2 Å². The average Bonchev–Trinajstić information content (AvgIpc) is 3.40. The Balaban J connectivity index is 1.35. The molecule has 1 aromatic heterocycles. The molecule has 4 aromatic rings. The van der Waals surface area contributed by atoms with Crippen molar-refractivity contribution in [2.45, 2.75) is 6.92 Å². The molecule has 0 unspecified atom stereocenters. The van der Waals surface area contributed by atoms with Crippen LogP contribution in [0.2, 0.25) is 0 Å². The molecule has 5 rings (SSSR count). The third-order valence-electron chi connectivity index (χ3n) is 5.98. The van der Waals surface area contributed by atoms with Crippen molar-refractivity contribution in [3.05, 3.63) is 94.1 Å². The van der Waals surface area contributed by atoms with E-state index in [0.29, 0.717) is 0 Å². The van der Waals surface area contributed by atoms with Crippen LogP contribution >= 0.6 is 0 Å². The molecule has 6 nitrogen and oxygen atoms in total. The van der Waals surface area contributed by atoms with E-state index in [1.54, 1.807) is 6.08 Å². The third kappa shape index (κ3) is 4.05. The highest BCUT2D eigenvalue weighted by Crippen LogP contribution is 2.40. The lowest BCUT2D eigenvalue weighted by molar-refractivity contribution is -0.136. The van der Waals surface area contributed by atoms with Crippen molar-refractivity contribution in [2.75, 3.05) is 6.61 Å². The maximum atomic E-state index is 13.8. The number of hydrogen-bond donors (Lipinski definition) is 0. The van der Waals surface area contributed by atoms with Crippen molar-refractivity contribution in [3.63, 3.8) is 0 Å². The second-order valence-corrected chi connectivity index (χ2v) is 8.38. The first-order valence-corrected chi connectivity index (χ1v) is 11.0. The summed E-state index contributed by atoms with van der Waals surface area (Å²) in [6.07, 6.45) is 3.45. The van der Waals surface area contributed by atoms with Gasteiger partial charge in [-0.3, -0.25) is 4.79 Å². The van der Waals surface area contributed by atoms with Gasteiger partial charge in [-0.1, -0.05) is 18.2 Å². The molecule has 0 fully saturated rings. The Morgan fingerprint density at radius 2 is 1.63 bits per heavy atom. The minimum Gasteiger partial charge on any atom is -0.476 e. The van der Waals surface area contributed by atoms with Crippen LogP contribution in [0.5, 0.6) is 17.2 Å². The molecule has 0 bridgehead atoms. The van der Waals surface area contributed by atoms with E-state index in [2.05, 4.69) is 4.74 Å². The molecule has 1 aliphatic rings. The summed E-state index contributed by atoms with van der Waals surface area (Å²) < 4.78 is 84.7. The number of carbonyl (C=O) groups excluding carboxylic acids is 2. The molecule has 0 saturated heterocycles. The minimum absolute atomic E-state index is 0.0533.